The Kier molecular flexibility index (Phi) is 5.28. The number of nitrogens with zero attached hydrogens (tertiary/aromatic N) is 2. The lowest BCUT2D eigenvalue weighted by Gasteiger charge is -2.12. The van der Waals surface area contributed by atoms with Gasteiger partial charge >= 0.3 is 0 Å². The van der Waals surface area contributed by atoms with Crippen LogP contribution in [-0.4, -0.2) is 9.55 Å². The maximum Gasteiger partial charge on any atom is 0.144 e. The number of hydrogen-bond acceptors (Lipinski definition) is 2. The molecule has 10 rings (SSSR count). The van der Waals surface area contributed by atoms with E-state index in [1.807, 2.05) is 12.1 Å². The molecule has 0 saturated heterocycles. The van der Waals surface area contributed by atoms with Crippen molar-refractivity contribution in [3.8, 4) is 28.1 Å². The van der Waals surface area contributed by atoms with Crippen LogP contribution in [0.2, 0.25) is 0 Å². The SMILES string of the molecule is c1ccc(-n2c3ccccc3c3c(-c4ccc(-c5nc6ccccc6c6c5ccc5c7ccccc7oc56)cc4)cccc32)cc1. The lowest BCUT2D eigenvalue weighted by Crippen LogP contribution is -1.93. The number of para-hydroxylation sites is 4. The van der Waals surface area contributed by atoms with E-state index in [0.717, 1.165) is 60.6 Å². The van der Waals surface area contributed by atoms with Gasteiger partial charge in [-0.05, 0) is 53.6 Å². The normalized spacial score (nSPS) is 11.9. The van der Waals surface area contributed by atoms with Gasteiger partial charge in [0, 0.05) is 49.0 Å². The molecule has 0 atom stereocenters. The zero-order valence-electron chi connectivity index (χ0n) is 24.8. The summed E-state index contributed by atoms with van der Waals surface area (Å²) in [5, 5.41) is 8.07. The third kappa shape index (κ3) is 3.57. The number of furan rings is 1. The van der Waals surface area contributed by atoms with Crippen molar-refractivity contribution >= 4 is 65.4 Å². The third-order valence-electron chi connectivity index (χ3n) is 9.39. The maximum absolute atomic E-state index is 6.52. The quantitative estimate of drug-likeness (QED) is 0.193. The van der Waals surface area contributed by atoms with Gasteiger partial charge in [0.2, 0.25) is 0 Å². The molecular formula is C43H26N2O. The Morgan fingerprint density at radius 3 is 1.98 bits per heavy atom. The first-order valence-corrected chi connectivity index (χ1v) is 15.6. The van der Waals surface area contributed by atoms with Gasteiger partial charge in [-0.3, -0.25) is 0 Å². The summed E-state index contributed by atoms with van der Waals surface area (Å²) in [6, 6.07) is 55.9. The summed E-state index contributed by atoms with van der Waals surface area (Å²) in [4.78, 5) is 5.22. The maximum atomic E-state index is 6.52. The van der Waals surface area contributed by atoms with Crippen LogP contribution in [0.4, 0.5) is 0 Å². The van der Waals surface area contributed by atoms with Crippen LogP contribution in [0.1, 0.15) is 0 Å². The molecule has 0 amide bonds. The zero-order valence-corrected chi connectivity index (χ0v) is 24.8. The molecule has 0 aliphatic rings. The van der Waals surface area contributed by atoms with Crippen LogP contribution in [0.5, 0.6) is 0 Å². The standard InChI is InChI=1S/C43H26N2O/c1-2-11-29(12-3-1)45-37-18-8-5-15-34(37)40-30(16-10-19-38(40)45)27-21-23-28(24-22-27)42-35-26-25-32-31-13-6-9-20-39(31)46-43(32)41(35)33-14-4-7-17-36(33)44-42/h1-26H. The summed E-state index contributed by atoms with van der Waals surface area (Å²) in [6.45, 7) is 0. The Morgan fingerprint density at radius 2 is 1.11 bits per heavy atom. The molecule has 214 valence electrons. The van der Waals surface area contributed by atoms with E-state index in [0.29, 0.717) is 0 Å². The van der Waals surface area contributed by atoms with E-state index in [4.69, 9.17) is 9.40 Å². The average Bonchev–Trinajstić information content (AvgIpc) is 3.68. The van der Waals surface area contributed by atoms with Crippen molar-refractivity contribution in [3.63, 3.8) is 0 Å². The highest BCUT2D eigenvalue weighted by atomic mass is 16.3. The van der Waals surface area contributed by atoms with Gasteiger partial charge in [-0.15, -0.1) is 0 Å². The molecule has 0 N–H and O–H groups in total. The fraction of sp³-hybridized carbons (Fsp3) is 0. The van der Waals surface area contributed by atoms with Gasteiger partial charge < -0.3 is 8.98 Å². The summed E-state index contributed by atoms with van der Waals surface area (Å²) >= 11 is 0. The number of pyridine rings is 1. The van der Waals surface area contributed by atoms with Gasteiger partial charge in [-0.25, -0.2) is 4.98 Å². The van der Waals surface area contributed by atoms with E-state index < -0.39 is 0 Å². The predicted molar refractivity (Wildman–Crippen MR) is 192 cm³/mol. The molecule has 3 heteroatoms. The van der Waals surface area contributed by atoms with Crippen molar-refractivity contribution < 1.29 is 4.42 Å². The summed E-state index contributed by atoms with van der Waals surface area (Å²) in [6.07, 6.45) is 0. The highest BCUT2D eigenvalue weighted by Gasteiger charge is 2.19. The van der Waals surface area contributed by atoms with Gasteiger partial charge in [0.1, 0.15) is 11.2 Å². The van der Waals surface area contributed by atoms with Crippen molar-refractivity contribution in [3.05, 3.63) is 158 Å². The molecule has 10 aromatic rings. The molecule has 3 heterocycles. The van der Waals surface area contributed by atoms with Crippen molar-refractivity contribution in [2.45, 2.75) is 0 Å². The molecule has 7 aromatic carbocycles. The second-order valence-corrected chi connectivity index (χ2v) is 11.9. The van der Waals surface area contributed by atoms with Crippen molar-refractivity contribution in [2.75, 3.05) is 0 Å². The smallest absolute Gasteiger partial charge is 0.144 e. The molecule has 0 unspecified atom stereocenters. The van der Waals surface area contributed by atoms with E-state index in [1.54, 1.807) is 0 Å². The minimum absolute atomic E-state index is 0.902. The Morgan fingerprint density at radius 1 is 0.435 bits per heavy atom. The molecule has 46 heavy (non-hydrogen) atoms. The number of aromatic nitrogens is 2. The highest BCUT2D eigenvalue weighted by molar-refractivity contribution is 6.24. The highest BCUT2D eigenvalue weighted by Crippen LogP contribution is 2.42. The van der Waals surface area contributed by atoms with Crippen LogP contribution in [0.15, 0.2) is 162 Å². The molecule has 0 aliphatic carbocycles. The van der Waals surface area contributed by atoms with E-state index in [2.05, 4.69) is 150 Å². The molecule has 0 radical (unpaired) electrons. The second kappa shape index (κ2) is 9.65. The molecule has 0 spiro atoms. The van der Waals surface area contributed by atoms with E-state index in [9.17, 15) is 0 Å². The van der Waals surface area contributed by atoms with Crippen LogP contribution in [0.25, 0.3) is 93.5 Å². The Labute approximate surface area is 264 Å². The van der Waals surface area contributed by atoms with Crippen LogP contribution in [0, 0.1) is 0 Å². The minimum Gasteiger partial charge on any atom is -0.455 e. The van der Waals surface area contributed by atoms with Crippen molar-refractivity contribution in [1.82, 2.24) is 9.55 Å². The lowest BCUT2D eigenvalue weighted by atomic mass is 9.95. The molecule has 0 aliphatic heterocycles. The summed E-state index contributed by atoms with van der Waals surface area (Å²) in [5.74, 6) is 0. The number of hydrogen-bond donors (Lipinski definition) is 0. The fourth-order valence-electron chi connectivity index (χ4n) is 7.36. The zero-order chi connectivity index (χ0) is 30.2. The third-order valence-corrected chi connectivity index (χ3v) is 9.39. The first kappa shape index (κ1) is 25.2. The van der Waals surface area contributed by atoms with Gasteiger partial charge in [0.05, 0.1) is 22.2 Å². The van der Waals surface area contributed by atoms with Crippen molar-refractivity contribution in [2.24, 2.45) is 0 Å². The number of fused-ring (bicyclic) bond motifs is 10. The average molecular weight is 587 g/mol. The molecular weight excluding hydrogens is 560 g/mol. The van der Waals surface area contributed by atoms with Crippen LogP contribution in [0.3, 0.4) is 0 Å². The molecule has 0 saturated carbocycles. The van der Waals surface area contributed by atoms with E-state index >= 15 is 0 Å². The van der Waals surface area contributed by atoms with Crippen molar-refractivity contribution in [1.29, 1.82) is 0 Å². The predicted octanol–water partition coefficient (Wildman–Crippen LogP) is 11.7. The monoisotopic (exact) mass is 586 g/mol. The van der Waals surface area contributed by atoms with Gasteiger partial charge in [0.15, 0.2) is 0 Å². The Balaban J connectivity index is 1.18. The molecule has 3 nitrogen and oxygen atoms in total. The summed E-state index contributed by atoms with van der Waals surface area (Å²) in [7, 11) is 0. The largest absolute Gasteiger partial charge is 0.455 e. The first-order valence-electron chi connectivity index (χ1n) is 15.6. The summed E-state index contributed by atoms with van der Waals surface area (Å²) in [5.41, 5.74) is 10.8. The van der Waals surface area contributed by atoms with E-state index in [-0.39, 0.29) is 0 Å². The van der Waals surface area contributed by atoms with Crippen LogP contribution >= 0.6 is 0 Å². The molecule has 3 aromatic heterocycles. The lowest BCUT2D eigenvalue weighted by molar-refractivity contribution is 0.673. The molecule has 0 fully saturated rings. The first-order chi connectivity index (χ1) is 22.8. The van der Waals surface area contributed by atoms with E-state index in [1.165, 1.54) is 32.9 Å². The Bertz CT molecular complexity index is 2790. The Hall–Kier alpha value is -6.19. The van der Waals surface area contributed by atoms with Crippen LogP contribution in [-0.2, 0) is 0 Å². The minimum atomic E-state index is 0.902. The molecule has 0 bridgehead atoms. The fourth-order valence-corrected chi connectivity index (χ4v) is 7.36. The van der Waals surface area contributed by atoms with Crippen LogP contribution < -0.4 is 0 Å². The second-order valence-electron chi connectivity index (χ2n) is 11.9. The number of benzene rings is 7. The van der Waals surface area contributed by atoms with Gasteiger partial charge in [0.25, 0.3) is 0 Å². The summed E-state index contributed by atoms with van der Waals surface area (Å²) < 4.78 is 8.89. The number of rotatable bonds is 3. The van der Waals surface area contributed by atoms with Gasteiger partial charge in [-0.2, -0.15) is 0 Å². The van der Waals surface area contributed by atoms with Gasteiger partial charge in [-0.1, -0.05) is 115 Å². The topological polar surface area (TPSA) is 31.0 Å².